The highest BCUT2D eigenvalue weighted by Gasteiger charge is 2.18. The fraction of sp³-hybridized carbons (Fsp3) is 0.941. The zero-order chi connectivity index (χ0) is 17.0. The Kier molecular flexibility index (Phi) is 11.6. The summed E-state index contributed by atoms with van der Waals surface area (Å²) >= 11 is 0. The van der Waals surface area contributed by atoms with Crippen LogP contribution in [0.15, 0.2) is 4.99 Å². The molecule has 0 heterocycles. The number of unbranched alkanes of at least 4 members (excludes halogenated alkanes) is 1. The molecule has 0 aromatic carbocycles. The number of rotatable bonds is 10. The zero-order valence-electron chi connectivity index (χ0n) is 15.5. The van der Waals surface area contributed by atoms with Crippen LogP contribution < -0.4 is 10.6 Å². The molecule has 0 radical (unpaired) electrons. The van der Waals surface area contributed by atoms with Gasteiger partial charge in [0.25, 0.3) is 0 Å². The molecule has 0 aromatic heterocycles. The second kappa shape index (κ2) is 11.9. The second-order valence-electron chi connectivity index (χ2n) is 6.84. The molecule has 2 N–H and O–H groups in total. The first-order valence-electron chi connectivity index (χ1n) is 8.68. The van der Waals surface area contributed by atoms with Crippen molar-refractivity contribution >= 4 is 16.8 Å². The Labute approximate surface area is 140 Å². The first-order chi connectivity index (χ1) is 10.3. The molecule has 0 aliphatic carbocycles. The first-order valence-corrected chi connectivity index (χ1v) is 10.00. The third-order valence-corrected chi connectivity index (χ3v) is 5.65. The van der Waals surface area contributed by atoms with Gasteiger partial charge >= 0.3 is 0 Å². The maximum absolute atomic E-state index is 12.0. The highest BCUT2D eigenvalue weighted by Crippen LogP contribution is 2.13. The van der Waals surface area contributed by atoms with Crippen molar-refractivity contribution in [3.8, 4) is 0 Å². The van der Waals surface area contributed by atoms with E-state index in [1.54, 1.807) is 7.05 Å². The molecule has 5 heteroatoms. The van der Waals surface area contributed by atoms with Gasteiger partial charge in [-0.3, -0.25) is 9.20 Å². The van der Waals surface area contributed by atoms with Gasteiger partial charge in [-0.25, -0.2) is 0 Å². The molecule has 2 atom stereocenters. The standard InChI is InChI=1S/C17H37N3OS/c1-7-9-11-15(10-8-2)14-20-16(18-6)19-12-13-22(21)17(3,4)5/h15H,7-14H2,1-6H3,(H2,18,19,20). The molecule has 0 saturated heterocycles. The third-order valence-electron chi connectivity index (χ3n) is 3.71. The highest BCUT2D eigenvalue weighted by atomic mass is 32.2. The van der Waals surface area contributed by atoms with E-state index < -0.39 is 10.8 Å². The van der Waals surface area contributed by atoms with Crippen LogP contribution in [-0.2, 0) is 10.8 Å². The highest BCUT2D eigenvalue weighted by molar-refractivity contribution is 7.86. The van der Waals surface area contributed by atoms with Crippen molar-refractivity contribution in [2.45, 2.75) is 71.5 Å². The monoisotopic (exact) mass is 331 g/mol. The van der Waals surface area contributed by atoms with E-state index in [1.807, 2.05) is 20.8 Å². The van der Waals surface area contributed by atoms with E-state index in [-0.39, 0.29) is 4.75 Å². The summed E-state index contributed by atoms with van der Waals surface area (Å²) in [4.78, 5) is 4.25. The first kappa shape index (κ1) is 21.4. The molecule has 2 unspecified atom stereocenters. The minimum atomic E-state index is -0.821. The number of aliphatic imine (C=N–C) groups is 1. The lowest BCUT2D eigenvalue weighted by Crippen LogP contribution is -2.42. The average Bonchev–Trinajstić information content (AvgIpc) is 2.46. The van der Waals surface area contributed by atoms with Crippen molar-refractivity contribution in [2.24, 2.45) is 10.9 Å². The SMILES string of the molecule is CCCCC(CCC)CNC(=NC)NCCS(=O)C(C)(C)C. The minimum Gasteiger partial charge on any atom is -0.356 e. The predicted octanol–water partition coefficient (Wildman–Crippen LogP) is 3.31. The van der Waals surface area contributed by atoms with Gasteiger partial charge in [0.2, 0.25) is 0 Å². The van der Waals surface area contributed by atoms with Gasteiger partial charge in [0, 0.05) is 41.4 Å². The van der Waals surface area contributed by atoms with Crippen molar-refractivity contribution in [1.82, 2.24) is 10.6 Å². The molecule has 0 spiro atoms. The third kappa shape index (κ3) is 10.2. The topological polar surface area (TPSA) is 53.5 Å². The summed E-state index contributed by atoms with van der Waals surface area (Å²) in [5.41, 5.74) is 0. The van der Waals surface area contributed by atoms with E-state index in [0.29, 0.717) is 18.2 Å². The van der Waals surface area contributed by atoms with Crippen LogP contribution in [0.2, 0.25) is 0 Å². The molecule has 0 fully saturated rings. The quantitative estimate of drug-likeness (QED) is 0.477. The largest absolute Gasteiger partial charge is 0.356 e. The molecule has 0 saturated carbocycles. The van der Waals surface area contributed by atoms with Gasteiger partial charge in [-0.1, -0.05) is 33.1 Å². The summed E-state index contributed by atoms with van der Waals surface area (Å²) in [6, 6.07) is 0. The Balaban J connectivity index is 4.12. The smallest absolute Gasteiger partial charge is 0.191 e. The zero-order valence-corrected chi connectivity index (χ0v) is 16.3. The van der Waals surface area contributed by atoms with Gasteiger partial charge < -0.3 is 10.6 Å². The van der Waals surface area contributed by atoms with E-state index in [1.165, 1.54) is 32.1 Å². The van der Waals surface area contributed by atoms with Crippen LogP contribution in [0.3, 0.4) is 0 Å². The van der Waals surface area contributed by atoms with Gasteiger partial charge in [-0.15, -0.1) is 0 Å². The van der Waals surface area contributed by atoms with Gasteiger partial charge in [0.1, 0.15) is 0 Å². The molecular formula is C17H37N3OS. The van der Waals surface area contributed by atoms with Crippen molar-refractivity contribution in [3.05, 3.63) is 0 Å². The van der Waals surface area contributed by atoms with Crippen LogP contribution in [0.5, 0.6) is 0 Å². The molecule has 0 aliphatic heterocycles. The van der Waals surface area contributed by atoms with Gasteiger partial charge in [-0.05, 0) is 39.5 Å². The van der Waals surface area contributed by atoms with Crippen LogP contribution in [0.4, 0.5) is 0 Å². The van der Waals surface area contributed by atoms with Gasteiger partial charge in [0.05, 0.1) is 0 Å². The maximum Gasteiger partial charge on any atom is 0.191 e. The van der Waals surface area contributed by atoms with Crippen molar-refractivity contribution in [2.75, 3.05) is 25.9 Å². The summed E-state index contributed by atoms with van der Waals surface area (Å²) in [5, 5.41) is 6.69. The number of nitrogens with one attached hydrogen (secondary N) is 2. The lowest BCUT2D eigenvalue weighted by atomic mass is 9.97. The van der Waals surface area contributed by atoms with Crippen LogP contribution in [0.1, 0.15) is 66.7 Å². The van der Waals surface area contributed by atoms with E-state index in [2.05, 4.69) is 29.5 Å². The van der Waals surface area contributed by atoms with Crippen molar-refractivity contribution in [1.29, 1.82) is 0 Å². The van der Waals surface area contributed by atoms with E-state index >= 15 is 0 Å². The normalized spacial score (nSPS) is 15.5. The number of guanidine groups is 1. The number of hydrogen-bond acceptors (Lipinski definition) is 2. The maximum atomic E-state index is 12.0. The number of nitrogens with zero attached hydrogens (tertiary/aromatic N) is 1. The predicted molar refractivity (Wildman–Crippen MR) is 100 cm³/mol. The van der Waals surface area contributed by atoms with Gasteiger partial charge in [-0.2, -0.15) is 0 Å². The van der Waals surface area contributed by atoms with Crippen LogP contribution >= 0.6 is 0 Å². The molecule has 0 amide bonds. The molecule has 0 aromatic rings. The molecule has 0 rings (SSSR count). The fourth-order valence-electron chi connectivity index (χ4n) is 2.28. The van der Waals surface area contributed by atoms with Crippen molar-refractivity contribution < 1.29 is 4.21 Å². The second-order valence-corrected chi connectivity index (χ2v) is 9.16. The molecule has 0 aliphatic rings. The summed E-state index contributed by atoms with van der Waals surface area (Å²) in [6.45, 7) is 12.2. The van der Waals surface area contributed by atoms with E-state index in [0.717, 1.165) is 12.5 Å². The lowest BCUT2D eigenvalue weighted by molar-refractivity contribution is 0.423. The van der Waals surface area contributed by atoms with E-state index in [4.69, 9.17) is 0 Å². The van der Waals surface area contributed by atoms with Crippen LogP contribution in [0.25, 0.3) is 0 Å². The lowest BCUT2D eigenvalue weighted by Gasteiger charge is -2.20. The molecular weight excluding hydrogens is 294 g/mol. The summed E-state index contributed by atoms with van der Waals surface area (Å²) in [7, 11) is 0.968. The Morgan fingerprint density at radius 2 is 1.82 bits per heavy atom. The Hall–Kier alpha value is -0.580. The summed E-state index contributed by atoms with van der Waals surface area (Å²) in [5.74, 6) is 2.19. The summed E-state index contributed by atoms with van der Waals surface area (Å²) < 4.78 is 11.9. The molecule has 132 valence electrons. The number of hydrogen-bond donors (Lipinski definition) is 2. The minimum absolute atomic E-state index is 0.148. The summed E-state index contributed by atoms with van der Waals surface area (Å²) in [6.07, 6.45) is 6.32. The Morgan fingerprint density at radius 1 is 1.14 bits per heavy atom. The van der Waals surface area contributed by atoms with Crippen LogP contribution in [-0.4, -0.2) is 40.8 Å². The Morgan fingerprint density at radius 3 is 2.32 bits per heavy atom. The van der Waals surface area contributed by atoms with Crippen molar-refractivity contribution in [3.63, 3.8) is 0 Å². The average molecular weight is 332 g/mol. The molecule has 4 nitrogen and oxygen atoms in total. The Bertz CT molecular complexity index is 337. The fourth-order valence-corrected chi connectivity index (χ4v) is 3.18. The van der Waals surface area contributed by atoms with Gasteiger partial charge in [0.15, 0.2) is 5.96 Å². The molecule has 0 bridgehead atoms. The van der Waals surface area contributed by atoms with Crippen LogP contribution in [0, 0.1) is 5.92 Å². The molecule has 22 heavy (non-hydrogen) atoms. The van der Waals surface area contributed by atoms with E-state index in [9.17, 15) is 4.21 Å².